The summed E-state index contributed by atoms with van der Waals surface area (Å²) >= 11 is 0. The van der Waals surface area contributed by atoms with Gasteiger partial charge in [0.1, 0.15) is 11.5 Å². The van der Waals surface area contributed by atoms with Gasteiger partial charge in [-0.05, 0) is 31.5 Å². The van der Waals surface area contributed by atoms with E-state index in [1.54, 1.807) is 12.1 Å². The number of H-pyrrole nitrogens is 1. The monoisotopic (exact) mass is 442 g/mol. The van der Waals surface area contributed by atoms with Crippen molar-refractivity contribution in [3.63, 3.8) is 0 Å². The van der Waals surface area contributed by atoms with Gasteiger partial charge in [0.05, 0.1) is 5.69 Å². The average Bonchev–Trinajstić information content (AvgIpc) is 3.36. The van der Waals surface area contributed by atoms with Gasteiger partial charge in [-0.3, -0.25) is 19.1 Å². The number of rotatable bonds is 6. The molecule has 0 aliphatic rings. The zero-order valence-corrected chi connectivity index (χ0v) is 18.3. The fourth-order valence-corrected chi connectivity index (χ4v) is 4.08. The zero-order chi connectivity index (χ0) is 23.1. The Balaban J connectivity index is 1.66. The van der Waals surface area contributed by atoms with Crippen molar-refractivity contribution in [1.29, 1.82) is 0 Å². The van der Waals surface area contributed by atoms with E-state index in [-0.39, 0.29) is 5.78 Å². The molecule has 9 nitrogen and oxygen atoms in total. The van der Waals surface area contributed by atoms with Gasteiger partial charge in [-0.2, -0.15) is 0 Å². The van der Waals surface area contributed by atoms with Crippen molar-refractivity contribution in [2.75, 3.05) is 0 Å². The van der Waals surface area contributed by atoms with E-state index in [1.807, 2.05) is 58.6 Å². The van der Waals surface area contributed by atoms with E-state index in [2.05, 4.69) is 9.97 Å². The van der Waals surface area contributed by atoms with Crippen LogP contribution in [0.5, 0.6) is 0 Å². The summed E-state index contributed by atoms with van der Waals surface area (Å²) in [4.78, 5) is 48.6. The van der Waals surface area contributed by atoms with Crippen molar-refractivity contribution in [2.24, 2.45) is 0 Å². The highest BCUT2D eigenvalue weighted by atomic mass is 16.2. The molecule has 4 aromatic heterocycles. The Bertz CT molecular complexity index is 1590. The molecular weight excluding hydrogens is 420 g/mol. The minimum atomic E-state index is -0.482. The van der Waals surface area contributed by atoms with Crippen LogP contribution in [-0.4, -0.2) is 34.3 Å². The van der Waals surface area contributed by atoms with Crippen LogP contribution in [-0.2, 0) is 19.5 Å². The summed E-state index contributed by atoms with van der Waals surface area (Å²) in [6, 6.07) is 13.0. The number of ketones is 1. The van der Waals surface area contributed by atoms with Gasteiger partial charge < -0.3 is 8.97 Å². The highest BCUT2D eigenvalue weighted by Crippen LogP contribution is 2.18. The van der Waals surface area contributed by atoms with Crippen LogP contribution in [0.15, 0.2) is 64.4 Å². The average molecular weight is 442 g/mol. The molecule has 0 aliphatic carbocycles. The second kappa shape index (κ2) is 8.01. The third-order valence-corrected chi connectivity index (χ3v) is 5.74. The third kappa shape index (κ3) is 3.67. The summed E-state index contributed by atoms with van der Waals surface area (Å²) in [5.74, 6) is 0.618. The van der Waals surface area contributed by atoms with Crippen LogP contribution in [0, 0.1) is 0 Å². The van der Waals surface area contributed by atoms with Crippen molar-refractivity contribution in [1.82, 2.24) is 28.5 Å². The van der Waals surface area contributed by atoms with Crippen LogP contribution in [0.2, 0.25) is 0 Å². The Labute approximate surface area is 188 Å². The molecule has 0 saturated heterocycles. The number of carbonyl (C=O) groups is 1. The van der Waals surface area contributed by atoms with E-state index in [0.29, 0.717) is 42.1 Å². The highest BCUT2D eigenvalue weighted by molar-refractivity contribution is 5.94. The van der Waals surface area contributed by atoms with Crippen LogP contribution in [0.1, 0.15) is 41.3 Å². The molecule has 0 saturated carbocycles. The van der Waals surface area contributed by atoms with E-state index < -0.39 is 11.2 Å². The number of nitrogens with one attached hydrogen (secondary N) is 1. The molecule has 0 bridgehead atoms. The van der Waals surface area contributed by atoms with Crippen LogP contribution in [0.25, 0.3) is 16.8 Å². The molecule has 5 rings (SSSR count). The van der Waals surface area contributed by atoms with Gasteiger partial charge in [0.25, 0.3) is 5.56 Å². The SMILES string of the molecule is CCn1c(=O)[nH]c(=O)c2c1nc(Cc1cn3ccccc3n1)n2Cc1ccc(C(C)=O)cc1. The summed E-state index contributed by atoms with van der Waals surface area (Å²) in [5.41, 5.74) is 2.88. The Morgan fingerprint density at radius 2 is 1.82 bits per heavy atom. The molecule has 0 aliphatic heterocycles. The largest absolute Gasteiger partial charge is 0.330 e. The quantitative estimate of drug-likeness (QED) is 0.407. The highest BCUT2D eigenvalue weighted by Gasteiger charge is 2.19. The van der Waals surface area contributed by atoms with Gasteiger partial charge in [0.2, 0.25) is 0 Å². The van der Waals surface area contributed by atoms with Gasteiger partial charge in [-0.15, -0.1) is 0 Å². The van der Waals surface area contributed by atoms with E-state index in [0.717, 1.165) is 16.9 Å². The lowest BCUT2D eigenvalue weighted by Crippen LogP contribution is -2.30. The Morgan fingerprint density at radius 1 is 1.03 bits per heavy atom. The molecule has 0 unspecified atom stereocenters. The van der Waals surface area contributed by atoms with Crippen LogP contribution < -0.4 is 11.2 Å². The second-order valence-electron chi connectivity index (χ2n) is 7.92. The standard InChI is InChI=1S/C24H22N6O3/c1-3-29-22-21(23(32)27-24(29)33)30(13-16-7-9-17(10-8-16)15(2)31)20(26-22)12-18-14-28-11-5-4-6-19(28)25-18/h4-11,14H,3,12-13H2,1-2H3,(H,27,32,33). The smallest absolute Gasteiger partial charge is 0.317 e. The van der Waals surface area contributed by atoms with Gasteiger partial charge in [-0.25, -0.2) is 14.8 Å². The van der Waals surface area contributed by atoms with Crippen molar-refractivity contribution < 1.29 is 4.79 Å². The molecule has 5 aromatic rings. The number of hydrogen-bond donors (Lipinski definition) is 1. The Hall–Kier alpha value is -4.27. The minimum absolute atomic E-state index is 0.00873. The minimum Gasteiger partial charge on any atom is -0.317 e. The molecule has 4 heterocycles. The summed E-state index contributed by atoms with van der Waals surface area (Å²) in [5, 5.41) is 0. The summed E-state index contributed by atoms with van der Waals surface area (Å²) in [6.07, 6.45) is 4.24. The Kier molecular flexibility index (Phi) is 5.01. The van der Waals surface area contributed by atoms with Crippen LogP contribution in [0.3, 0.4) is 0 Å². The van der Waals surface area contributed by atoms with Crippen LogP contribution >= 0.6 is 0 Å². The number of Topliss-reactive ketones (excluding diaryl/α,β-unsaturated/α-hetero) is 1. The third-order valence-electron chi connectivity index (χ3n) is 5.74. The number of hydrogen-bond acceptors (Lipinski definition) is 5. The number of pyridine rings is 1. The molecule has 1 aromatic carbocycles. The maximum atomic E-state index is 12.8. The number of aryl methyl sites for hydroxylation is 1. The first-order valence-corrected chi connectivity index (χ1v) is 10.7. The van der Waals surface area contributed by atoms with Crippen molar-refractivity contribution in [3.8, 4) is 0 Å². The number of fused-ring (bicyclic) bond motifs is 2. The predicted octanol–water partition coefficient (Wildman–Crippen LogP) is 2.40. The first kappa shape index (κ1) is 20.6. The van der Waals surface area contributed by atoms with Crippen molar-refractivity contribution in [2.45, 2.75) is 33.4 Å². The van der Waals surface area contributed by atoms with Gasteiger partial charge in [0, 0.05) is 37.5 Å². The molecule has 0 atom stereocenters. The fraction of sp³-hybridized carbons (Fsp3) is 0.208. The summed E-state index contributed by atoms with van der Waals surface area (Å²) < 4.78 is 5.21. The number of benzene rings is 1. The fourth-order valence-electron chi connectivity index (χ4n) is 4.08. The van der Waals surface area contributed by atoms with E-state index in [9.17, 15) is 14.4 Å². The van der Waals surface area contributed by atoms with E-state index in [1.165, 1.54) is 11.5 Å². The Morgan fingerprint density at radius 3 is 2.52 bits per heavy atom. The molecule has 1 N–H and O–H groups in total. The maximum Gasteiger partial charge on any atom is 0.330 e. The lowest BCUT2D eigenvalue weighted by Gasteiger charge is -2.09. The molecule has 0 spiro atoms. The maximum absolute atomic E-state index is 12.8. The number of aromatic amines is 1. The second-order valence-corrected chi connectivity index (χ2v) is 7.92. The lowest BCUT2D eigenvalue weighted by atomic mass is 10.1. The van der Waals surface area contributed by atoms with E-state index >= 15 is 0 Å². The van der Waals surface area contributed by atoms with Crippen LogP contribution in [0.4, 0.5) is 0 Å². The molecule has 166 valence electrons. The molecule has 0 fully saturated rings. The van der Waals surface area contributed by atoms with E-state index in [4.69, 9.17) is 4.98 Å². The van der Waals surface area contributed by atoms with Crippen molar-refractivity contribution in [3.05, 3.63) is 98.3 Å². The molecule has 0 radical (unpaired) electrons. The summed E-state index contributed by atoms with van der Waals surface area (Å²) in [7, 11) is 0. The molecular formula is C24H22N6O3. The molecule has 9 heteroatoms. The molecule has 0 amide bonds. The predicted molar refractivity (Wildman–Crippen MR) is 124 cm³/mol. The first-order valence-electron chi connectivity index (χ1n) is 10.7. The van der Waals surface area contributed by atoms with Crippen molar-refractivity contribution >= 4 is 22.6 Å². The normalized spacial score (nSPS) is 11.5. The number of nitrogens with zero attached hydrogens (tertiary/aromatic N) is 5. The summed E-state index contributed by atoms with van der Waals surface area (Å²) in [6.45, 7) is 4.10. The number of carbonyl (C=O) groups excluding carboxylic acids is 1. The van der Waals surface area contributed by atoms with Gasteiger partial charge in [0.15, 0.2) is 16.9 Å². The molecule has 33 heavy (non-hydrogen) atoms. The topological polar surface area (TPSA) is 107 Å². The van der Waals surface area contributed by atoms with Gasteiger partial charge in [-0.1, -0.05) is 30.3 Å². The lowest BCUT2D eigenvalue weighted by molar-refractivity contribution is 0.101. The number of aromatic nitrogens is 6. The van der Waals surface area contributed by atoms with Gasteiger partial charge >= 0.3 is 5.69 Å². The zero-order valence-electron chi connectivity index (χ0n) is 18.3. The first-order chi connectivity index (χ1) is 15.9. The number of imidazole rings is 2.